The predicted octanol–water partition coefficient (Wildman–Crippen LogP) is 3.70. The molecule has 0 unspecified atom stereocenters. The number of hydrogen-bond acceptors (Lipinski definition) is 4. The highest BCUT2D eigenvalue weighted by Crippen LogP contribution is 2.19. The van der Waals surface area contributed by atoms with Gasteiger partial charge in [0.15, 0.2) is 0 Å². The minimum Gasteiger partial charge on any atom is -0.326 e. The lowest BCUT2D eigenvalue weighted by Crippen LogP contribution is -2.16. The van der Waals surface area contributed by atoms with Gasteiger partial charge in [-0.15, -0.1) is 0 Å². The van der Waals surface area contributed by atoms with Crippen LogP contribution in [-0.4, -0.2) is 20.2 Å². The molecule has 2 amide bonds. The zero-order valence-electron chi connectivity index (χ0n) is 15.5. The number of carbonyl (C=O) groups is 2. The molecular weight excluding hydrogens is 390 g/mol. The summed E-state index contributed by atoms with van der Waals surface area (Å²) in [7, 11) is -3.83. The summed E-state index contributed by atoms with van der Waals surface area (Å²) < 4.78 is 27.6. The average Bonchev–Trinajstić information content (AvgIpc) is 2.69. The Morgan fingerprint density at radius 1 is 0.724 bits per heavy atom. The van der Waals surface area contributed by atoms with Crippen LogP contribution in [0.25, 0.3) is 0 Å². The number of hydrogen-bond donors (Lipinski definition) is 3. The summed E-state index contributed by atoms with van der Waals surface area (Å²) in [6.45, 7) is 1.41. The molecular formula is C21H19N3O4S. The van der Waals surface area contributed by atoms with Gasteiger partial charge in [0, 0.05) is 29.5 Å². The standard InChI is InChI=1S/C21H19N3O4S/c1-15(25)22-17-10-12-18(13-11-17)23-21(26)16-6-5-9-20(14-16)29(27,28)24-19-7-3-2-4-8-19/h2-14,24H,1H3,(H,22,25)(H,23,26). The molecule has 3 aromatic carbocycles. The highest BCUT2D eigenvalue weighted by atomic mass is 32.2. The zero-order valence-corrected chi connectivity index (χ0v) is 16.4. The van der Waals surface area contributed by atoms with Crippen LogP contribution in [0.15, 0.2) is 83.8 Å². The minimum atomic E-state index is -3.83. The topological polar surface area (TPSA) is 104 Å². The molecule has 0 fully saturated rings. The normalized spacial score (nSPS) is 10.8. The summed E-state index contributed by atoms with van der Waals surface area (Å²) in [6.07, 6.45) is 0. The van der Waals surface area contributed by atoms with Gasteiger partial charge in [0.1, 0.15) is 0 Å². The van der Waals surface area contributed by atoms with Crippen LogP contribution >= 0.6 is 0 Å². The van der Waals surface area contributed by atoms with Gasteiger partial charge < -0.3 is 10.6 Å². The molecule has 0 bridgehead atoms. The number of para-hydroxylation sites is 1. The van der Waals surface area contributed by atoms with Crippen LogP contribution in [-0.2, 0) is 14.8 Å². The molecule has 0 aromatic heterocycles. The maximum Gasteiger partial charge on any atom is 0.261 e. The van der Waals surface area contributed by atoms with E-state index in [1.165, 1.54) is 31.2 Å². The second-order valence-electron chi connectivity index (χ2n) is 6.21. The van der Waals surface area contributed by atoms with Crippen molar-refractivity contribution < 1.29 is 18.0 Å². The lowest BCUT2D eigenvalue weighted by Gasteiger charge is -2.10. The first kappa shape index (κ1) is 20.1. The van der Waals surface area contributed by atoms with Crippen molar-refractivity contribution in [2.75, 3.05) is 15.4 Å². The van der Waals surface area contributed by atoms with Gasteiger partial charge in [-0.2, -0.15) is 0 Å². The number of rotatable bonds is 6. The predicted molar refractivity (Wildman–Crippen MR) is 112 cm³/mol. The number of anilines is 3. The summed E-state index contributed by atoms with van der Waals surface area (Å²) in [4.78, 5) is 23.6. The van der Waals surface area contributed by atoms with E-state index >= 15 is 0 Å². The molecule has 0 heterocycles. The Morgan fingerprint density at radius 3 is 1.97 bits per heavy atom. The summed E-state index contributed by atoms with van der Waals surface area (Å²) >= 11 is 0. The first-order valence-corrected chi connectivity index (χ1v) is 10.2. The Hall–Kier alpha value is -3.65. The Morgan fingerprint density at radius 2 is 1.34 bits per heavy atom. The molecule has 0 atom stereocenters. The van der Waals surface area contributed by atoms with E-state index in [1.807, 2.05) is 0 Å². The van der Waals surface area contributed by atoms with Crippen LogP contribution in [0.1, 0.15) is 17.3 Å². The number of sulfonamides is 1. The van der Waals surface area contributed by atoms with Crippen LogP contribution in [0.4, 0.5) is 17.1 Å². The van der Waals surface area contributed by atoms with Gasteiger partial charge in [-0.3, -0.25) is 14.3 Å². The molecule has 0 aliphatic heterocycles. The van der Waals surface area contributed by atoms with Crippen molar-refractivity contribution in [3.8, 4) is 0 Å². The lowest BCUT2D eigenvalue weighted by molar-refractivity contribution is -0.114. The molecule has 148 valence electrons. The van der Waals surface area contributed by atoms with E-state index in [0.29, 0.717) is 17.1 Å². The van der Waals surface area contributed by atoms with Crippen molar-refractivity contribution >= 4 is 38.9 Å². The second kappa shape index (κ2) is 8.57. The highest BCUT2D eigenvalue weighted by Gasteiger charge is 2.16. The Balaban J connectivity index is 1.74. The molecule has 3 rings (SSSR count). The first-order chi connectivity index (χ1) is 13.8. The maximum absolute atomic E-state index is 12.6. The van der Waals surface area contributed by atoms with Gasteiger partial charge in [0.25, 0.3) is 15.9 Å². The molecule has 0 aliphatic carbocycles. The fourth-order valence-corrected chi connectivity index (χ4v) is 3.67. The van der Waals surface area contributed by atoms with Crippen molar-refractivity contribution in [1.82, 2.24) is 0 Å². The van der Waals surface area contributed by atoms with Crippen molar-refractivity contribution in [2.24, 2.45) is 0 Å². The van der Waals surface area contributed by atoms with Gasteiger partial charge in [-0.05, 0) is 54.6 Å². The molecule has 0 radical (unpaired) electrons. The molecule has 7 nitrogen and oxygen atoms in total. The van der Waals surface area contributed by atoms with E-state index in [0.717, 1.165) is 0 Å². The lowest BCUT2D eigenvalue weighted by atomic mass is 10.2. The Kier molecular flexibility index (Phi) is 5.94. The van der Waals surface area contributed by atoms with E-state index in [1.54, 1.807) is 54.6 Å². The van der Waals surface area contributed by atoms with E-state index in [-0.39, 0.29) is 16.4 Å². The van der Waals surface area contributed by atoms with Crippen molar-refractivity contribution in [3.63, 3.8) is 0 Å². The summed E-state index contributed by atoms with van der Waals surface area (Å²) in [5, 5.41) is 5.34. The molecule has 0 spiro atoms. The molecule has 29 heavy (non-hydrogen) atoms. The number of carbonyl (C=O) groups excluding carboxylic acids is 2. The SMILES string of the molecule is CC(=O)Nc1ccc(NC(=O)c2cccc(S(=O)(=O)Nc3ccccc3)c2)cc1. The van der Waals surface area contributed by atoms with Crippen LogP contribution in [0, 0.1) is 0 Å². The molecule has 8 heteroatoms. The highest BCUT2D eigenvalue weighted by molar-refractivity contribution is 7.92. The van der Waals surface area contributed by atoms with Gasteiger partial charge in [-0.1, -0.05) is 24.3 Å². The van der Waals surface area contributed by atoms with Gasteiger partial charge in [0.05, 0.1) is 4.90 Å². The Labute approximate surface area is 168 Å². The first-order valence-electron chi connectivity index (χ1n) is 8.70. The van der Waals surface area contributed by atoms with Gasteiger partial charge in [-0.25, -0.2) is 8.42 Å². The third-order valence-corrected chi connectivity index (χ3v) is 5.27. The number of nitrogens with one attached hydrogen (secondary N) is 3. The van der Waals surface area contributed by atoms with Crippen LogP contribution < -0.4 is 15.4 Å². The van der Waals surface area contributed by atoms with Crippen molar-refractivity contribution in [3.05, 3.63) is 84.4 Å². The monoisotopic (exact) mass is 409 g/mol. The largest absolute Gasteiger partial charge is 0.326 e. The van der Waals surface area contributed by atoms with Crippen molar-refractivity contribution in [1.29, 1.82) is 0 Å². The quantitative estimate of drug-likeness (QED) is 0.577. The Bertz CT molecular complexity index is 1130. The number of benzene rings is 3. The zero-order chi connectivity index (χ0) is 20.9. The summed E-state index contributed by atoms with van der Waals surface area (Å²) in [5.41, 5.74) is 1.75. The third-order valence-electron chi connectivity index (χ3n) is 3.90. The number of amides is 2. The molecule has 0 saturated heterocycles. The van der Waals surface area contributed by atoms with Crippen LogP contribution in [0.5, 0.6) is 0 Å². The minimum absolute atomic E-state index is 0.0185. The van der Waals surface area contributed by atoms with Gasteiger partial charge in [0.2, 0.25) is 5.91 Å². The summed E-state index contributed by atoms with van der Waals surface area (Å²) in [6, 6.07) is 20.9. The van der Waals surface area contributed by atoms with E-state index in [4.69, 9.17) is 0 Å². The molecule has 0 saturated carbocycles. The fraction of sp³-hybridized carbons (Fsp3) is 0.0476. The third kappa shape index (κ3) is 5.43. The van der Waals surface area contributed by atoms with Crippen molar-refractivity contribution in [2.45, 2.75) is 11.8 Å². The fourth-order valence-electron chi connectivity index (χ4n) is 2.57. The van der Waals surface area contributed by atoms with Crippen LogP contribution in [0.2, 0.25) is 0 Å². The molecule has 0 aliphatic rings. The molecule has 3 aromatic rings. The van der Waals surface area contributed by atoms with E-state index < -0.39 is 15.9 Å². The molecule has 3 N–H and O–H groups in total. The van der Waals surface area contributed by atoms with E-state index in [9.17, 15) is 18.0 Å². The summed E-state index contributed by atoms with van der Waals surface area (Å²) in [5.74, 6) is -0.641. The van der Waals surface area contributed by atoms with Crippen LogP contribution in [0.3, 0.4) is 0 Å². The average molecular weight is 409 g/mol. The van der Waals surface area contributed by atoms with E-state index in [2.05, 4.69) is 15.4 Å². The maximum atomic E-state index is 12.6. The van der Waals surface area contributed by atoms with Gasteiger partial charge >= 0.3 is 0 Å². The second-order valence-corrected chi connectivity index (χ2v) is 7.89. The smallest absolute Gasteiger partial charge is 0.261 e.